The van der Waals surface area contributed by atoms with Gasteiger partial charge in [-0.1, -0.05) is 23.7 Å². The van der Waals surface area contributed by atoms with E-state index in [2.05, 4.69) is 10.6 Å². The molecule has 0 heterocycles. The van der Waals surface area contributed by atoms with Crippen LogP contribution < -0.4 is 20.1 Å². The van der Waals surface area contributed by atoms with Gasteiger partial charge in [0.05, 0.1) is 31.5 Å². The monoisotopic (exact) mass is 320 g/mol. The highest BCUT2D eigenvalue weighted by atomic mass is 35.5. The van der Waals surface area contributed by atoms with Gasteiger partial charge in [-0.25, -0.2) is 0 Å². The van der Waals surface area contributed by atoms with E-state index >= 15 is 0 Å². The van der Waals surface area contributed by atoms with Crippen molar-refractivity contribution in [2.45, 2.75) is 0 Å². The summed E-state index contributed by atoms with van der Waals surface area (Å²) >= 11 is 6.02. The number of para-hydroxylation sites is 2. The smallest absolute Gasteiger partial charge is 0.243 e. The van der Waals surface area contributed by atoms with E-state index in [1.807, 2.05) is 24.3 Å². The molecule has 2 N–H and O–H groups in total. The lowest BCUT2D eigenvalue weighted by atomic mass is 10.3. The Bertz CT molecular complexity index is 662. The van der Waals surface area contributed by atoms with E-state index in [9.17, 15) is 4.79 Å². The van der Waals surface area contributed by atoms with Crippen molar-refractivity contribution in [2.24, 2.45) is 0 Å². The Morgan fingerprint density at radius 1 is 1.09 bits per heavy atom. The average molecular weight is 321 g/mol. The maximum atomic E-state index is 12.0. The van der Waals surface area contributed by atoms with E-state index in [4.69, 9.17) is 21.1 Å². The predicted molar refractivity (Wildman–Crippen MR) is 88.1 cm³/mol. The molecule has 0 aliphatic rings. The van der Waals surface area contributed by atoms with Crippen molar-refractivity contribution in [3.05, 3.63) is 47.5 Å². The van der Waals surface area contributed by atoms with Crippen molar-refractivity contribution in [1.29, 1.82) is 0 Å². The molecule has 22 heavy (non-hydrogen) atoms. The maximum absolute atomic E-state index is 12.0. The molecular formula is C16H17ClN2O3. The van der Waals surface area contributed by atoms with Gasteiger partial charge in [-0.2, -0.15) is 0 Å². The Hall–Kier alpha value is -2.40. The van der Waals surface area contributed by atoms with Crippen LogP contribution in [0.5, 0.6) is 11.5 Å². The summed E-state index contributed by atoms with van der Waals surface area (Å²) in [5, 5.41) is 6.23. The number of hydrogen-bond donors (Lipinski definition) is 2. The number of carbonyl (C=O) groups is 1. The molecule has 0 aliphatic heterocycles. The molecule has 2 aromatic rings. The standard InChI is InChI=1S/C16H17ClN2O3/c1-21-14-8-7-11(9-12(14)17)19-16(20)10-18-13-5-3-4-6-15(13)22-2/h3-9,18H,10H2,1-2H3,(H,19,20). The highest BCUT2D eigenvalue weighted by Gasteiger charge is 2.07. The molecule has 2 rings (SSSR count). The highest BCUT2D eigenvalue weighted by Crippen LogP contribution is 2.27. The summed E-state index contributed by atoms with van der Waals surface area (Å²) in [6.07, 6.45) is 0. The second kappa shape index (κ2) is 7.56. The average Bonchev–Trinajstić information content (AvgIpc) is 2.53. The summed E-state index contributed by atoms with van der Waals surface area (Å²) < 4.78 is 10.3. The summed E-state index contributed by atoms with van der Waals surface area (Å²) in [5.41, 5.74) is 1.37. The number of nitrogens with one attached hydrogen (secondary N) is 2. The van der Waals surface area contributed by atoms with E-state index in [1.54, 1.807) is 25.3 Å². The van der Waals surface area contributed by atoms with Crippen LogP contribution in [0.2, 0.25) is 5.02 Å². The topological polar surface area (TPSA) is 59.6 Å². The van der Waals surface area contributed by atoms with Crippen LogP contribution in [0, 0.1) is 0 Å². The van der Waals surface area contributed by atoms with Crippen molar-refractivity contribution < 1.29 is 14.3 Å². The van der Waals surface area contributed by atoms with Crippen molar-refractivity contribution >= 4 is 28.9 Å². The first-order chi connectivity index (χ1) is 10.6. The predicted octanol–water partition coefficient (Wildman–Crippen LogP) is 3.41. The minimum Gasteiger partial charge on any atom is -0.495 e. The van der Waals surface area contributed by atoms with Crippen LogP contribution in [0.1, 0.15) is 0 Å². The molecule has 0 radical (unpaired) electrons. The Balaban J connectivity index is 1.94. The third-order valence-corrected chi connectivity index (χ3v) is 3.28. The number of benzene rings is 2. The number of rotatable bonds is 6. The molecule has 0 atom stereocenters. The van der Waals surface area contributed by atoms with Crippen molar-refractivity contribution in [2.75, 3.05) is 31.4 Å². The van der Waals surface area contributed by atoms with E-state index < -0.39 is 0 Å². The van der Waals surface area contributed by atoms with Crippen molar-refractivity contribution in [3.8, 4) is 11.5 Å². The quantitative estimate of drug-likeness (QED) is 0.856. The second-order valence-corrected chi connectivity index (χ2v) is 4.86. The molecule has 0 aromatic heterocycles. The first kappa shape index (κ1) is 16.0. The van der Waals surface area contributed by atoms with Crippen LogP contribution in [0.4, 0.5) is 11.4 Å². The number of amides is 1. The first-order valence-corrected chi connectivity index (χ1v) is 7.02. The highest BCUT2D eigenvalue weighted by molar-refractivity contribution is 6.32. The molecule has 0 saturated carbocycles. The summed E-state index contributed by atoms with van der Waals surface area (Å²) in [6.45, 7) is 0.115. The zero-order valence-corrected chi connectivity index (χ0v) is 13.1. The SMILES string of the molecule is COc1ccc(NC(=O)CNc2ccccc2OC)cc1Cl. The minimum atomic E-state index is -0.188. The molecule has 5 nitrogen and oxygen atoms in total. The van der Waals surface area contributed by atoms with Crippen LogP contribution in [0.25, 0.3) is 0 Å². The van der Waals surface area contributed by atoms with Crippen LogP contribution >= 0.6 is 11.6 Å². The van der Waals surface area contributed by atoms with E-state index in [1.165, 1.54) is 7.11 Å². The minimum absolute atomic E-state index is 0.115. The van der Waals surface area contributed by atoms with Crippen LogP contribution in [-0.2, 0) is 4.79 Å². The lowest BCUT2D eigenvalue weighted by Crippen LogP contribution is -2.21. The fraction of sp³-hybridized carbons (Fsp3) is 0.188. The Kier molecular flexibility index (Phi) is 5.49. The fourth-order valence-corrected chi connectivity index (χ4v) is 2.17. The summed E-state index contributed by atoms with van der Waals surface area (Å²) in [5.74, 6) is 1.06. The number of methoxy groups -OCH3 is 2. The van der Waals surface area contributed by atoms with Crippen molar-refractivity contribution in [1.82, 2.24) is 0 Å². The summed E-state index contributed by atoms with van der Waals surface area (Å²) in [6, 6.07) is 12.5. The van der Waals surface area contributed by atoms with Gasteiger partial charge < -0.3 is 20.1 Å². The van der Waals surface area contributed by atoms with Gasteiger partial charge in [-0.15, -0.1) is 0 Å². The Morgan fingerprint density at radius 3 is 2.50 bits per heavy atom. The zero-order valence-electron chi connectivity index (χ0n) is 12.4. The number of hydrogen-bond acceptors (Lipinski definition) is 4. The molecule has 0 saturated heterocycles. The van der Waals surface area contributed by atoms with Gasteiger partial charge in [0, 0.05) is 5.69 Å². The number of ether oxygens (including phenoxy) is 2. The fourth-order valence-electron chi connectivity index (χ4n) is 1.92. The molecule has 0 unspecified atom stereocenters. The van der Waals surface area contributed by atoms with Gasteiger partial charge in [0.2, 0.25) is 5.91 Å². The third kappa shape index (κ3) is 4.05. The molecule has 116 valence electrons. The van der Waals surface area contributed by atoms with Gasteiger partial charge in [-0.05, 0) is 30.3 Å². The lowest BCUT2D eigenvalue weighted by molar-refractivity contribution is -0.114. The van der Waals surface area contributed by atoms with E-state index in [-0.39, 0.29) is 12.5 Å². The number of carbonyl (C=O) groups excluding carboxylic acids is 1. The molecule has 2 aromatic carbocycles. The Morgan fingerprint density at radius 2 is 1.82 bits per heavy atom. The summed E-state index contributed by atoms with van der Waals surface area (Å²) in [4.78, 5) is 12.0. The molecule has 0 spiro atoms. The molecule has 0 aliphatic carbocycles. The molecule has 6 heteroatoms. The molecule has 0 fully saturated rings. The van der Waals surface area contributed by atoms with Crippen LogP contribution in [0.15, 0.2) is 42.5 Å². The zero-order chi connectivity index (χ0) is 15.9. The van der Waals surface area contributed by atoms with Gasteiger partial charge in [0.1, 0.15) is 11.5 Å². The third-order valence-electron chi connectivity index (χ3n) is 2.98. The van der Waals surface area contributed by atoms with Crippen LogP contribution in [-0.4, -0.2) is 26.7 Å². The number of anilines is 2. The molecular weight excluding hydrogens is 304 g/mol. The maximum Gasteiger partial charge on any atom is 0.243 e. The van der Waals surface area contributed by atoms with E-state index in [0.29, 0.717) is 22.2 Å². The largest absolute Gasteiger partial charge is 0.495 e. The number of halogens is 1. The molecule has 1 amide bonds. The normalized spacial score (nSPS) is 9.95. The van der Waals surface area contributed by atoms with Gasteiger partial charge in [-0.3, -0.25) is 4.79 Å². The lowest BCUT2D eigenvalue weighted by Gasteiger charge is -2.11. The van der Waals surface area contributed by atoms with Crippen molar-refractivity contribution in [3.63, 3.8) is 0 Å². The van der Waals surface area contributed by atoms with Gasteiger partial charge in [0.15, 0.2) is 0 Å². The van der Waals surface area contributed by atoms with Gasteiger partial charge in [0.25, 0.3) is 0 Å². The molecule has 0 bridgehead atoms. The second-order valence-electron chi connectivity index (χ2n) is 4.45. The van der Waals surface area contributed by atoms with E-state index in [0.717, 1.165) is 5.69 Å². The summed E-state index contributed by atoms with van der Waals surface area (Å²) in [7, 11) is 3.12. The first-order valence-electron chi connectivity index (χ1n) is 6.64. The Labute approximate surface area is 134 Å². The van der Waals surface area contributed by atoms with Crippen LogP contribution in [0.3, 0.4) is 0 Å². The van der Waals surface area contributed by atoms with Gasteiger partial charge >= 0.3 is 0 Å².